The van der Waals surface area contributed by atoms with E-state index in [1.165, 1.54) is 12.3 Å². The van der Waals surface area contributed by atoms with Crippen LogP contribution in [0.5, 0.6) is 5.75 Å². The smallest absolute Gasteiger partial charge is 0.330 e. The minimum atomic E-state index is -0.951. The number of rotatable bonds is 5. The summed E-state index contributed by atoms with van der Waals surface area (Å²) >= 11 is 12.2. The van der Waals surface area contributed by atoms with Gasteiger partial charge in [-0.1, -0.05) is 29.3 Å². The van der Waals surface area contributed by atoms with E-state index in [0.29, 0.717) is 21.4 Å². The van der Waals surface area contributed by atoms with Crippen molar-refractivity contribution in [2.45, 2.75) is 12.6 Å². The van der Waals surface area contributed by atoms with Crippen molar-refractivity contribution in [3.63, 3.8) is 0 Å². The fourth-order valence-electron chi connectivity index (χ4n) is 2.29. The zero-order valence-electron chi connectivity index (χ0n) is 12.8. The zero-order valence-corrected chi connectivity index (χ0v) is 14.3. The van der Waals surface area contributed by atoms with Crippen LogP contribution in [0.1, 0.15) is 5.56 Å². The second-order valence-corrected chi connectivity index (χ2v) is 6.01. The Hall–Kier alpha value is -2.35. The van der Waals surface area contributed by atoms with Crippen LogP contribution in [0.15, 0.2) is 36.5 Å². The molecule has 2 aromatic rings. The fourth-order valence-corrected chi connectivity index (χ4v) is 2.79. The van der Waals surface area contributed by atoms with E-state index in [0.717, 1.165) is 4.90 Å². The van der Waals surface area contributed by atoms with Gasteiger partial charge in [-0.3, -0.25) is 4.79 Å². The van der Waals surface area contributed by atoms with Crippen molar-refractivity contribution in [1.29, 1.82) is 0 Å². The number of carbonyl (C=O) groups excluding carboxylic acids is 2. The molecule has 0 saturated carbocycles. The Kier molecular flexibility index (Phi) is 5.08. The van der Waals surface area contributed by atoms with Gasteiger partial charge in [0, 0.05) is 15.6 Å². The van der Waals surface area contributed by atoms with E-state index >= 15 is 0 Å². The average molecular weight is 382 g/mol. The van der Waals surface area contributed by atoms with Crippen molar-refractivity contribution < 1.29 is 19.4 Å². The van der Waals surface area contributed by atoms with Gasteiger partial charge in [0.1, 0.15) is 24.2 Å². The average Bonchev–Trinajstić information content (AvgIpc) is 2.89. The Morgan fingerprint density at radius 3 is 2.48 bits per heavy atom. The number of hydrogen-bond donors (Lipinski definition) is 2. The lowest BCUT2D eigenvalue weighted by atomic mass is 10.2. The molecule has 130 valence electrons. The number of halogens is 2. The number of ether oxygens (including phenoxy) is 1. The summed E-state index contributed by atoms with van der Waals surface area (Å²) in [5.74, 6) is 0.00333. The molecule has 0 bridgehead atoms. The number of hydrogen-bond acceptors (Lipinski definition) is 5. The molecule has 3 rings (SSSR count). The van der Waals surface area contributed by atoms with Crippen molar-refractivity contribution in [3.05, 3.63) is 52.1 Å². The molecule has 1 fully saturated rings. The molecule has 1 atom stereocenters. The highest BCUT2D eigenvalue weighted by molar-refractivity contribution is 6.35. The molecule has 1 aromatic heterocycles. The van der Waals surface area contributed by atoms with Crippen molar-refractivity contribution in [3.8, 4) is 5.75 Å². The van der Waals surface area contributed by atoms with Crippen LogP contribution in [-0.2, 0) is 11.4 Å². The molecule has 1 aliphatic heterocycles. The van der Waals surface area contributed by atoms with Crippen LogP contribution in [0.25, 0.3) is 0 Å². The minimum absolute atomic E-state index is 0.140. The normalized spacial score (nSPS) is 16.9. The fraction of sp³-hybridized carbons (Fsp3) is 0.188. The van der Waals surface area contributed by atoms with Gasteiger partial charge >= 0.3 is 6.03 Å². The molecule has 1 saturated heterocycles. The van der Waals surface area contributed by atoms with Gasteiger partial charge < -0.3 is 15.2 Å². The van der Waals surface area contributed by atoms with Crippen molar-refractivity contribution in [1.82, 2.24) is 10.3 Å². The maximum atomic E-state index is 12.0. The number of aliphatic hydroxyl groups excluding tert-OH is 1. The molecule has 3 amide bonds. The van der Waals surface area contributed by atoms with Gasteiger partial charge in [-0.15, -0.1) is 0 Å². The van der Waals surface area contributed by atoms with Crippen LogP contribution >= 0.6 is 23.2 Å². The van der Waals surface area contributed by atoms with E-state index in [-0.39, 0.29) is 12.4 Å². The van der Waals surface area contributed by atoms with Crippen LogP contribution < -0.4 is 15.0 Å². The van der Waals surface area contributed by atoms with Gasteiger partial charge in [0.15, 0.2) is 0 Å². The molecule has 0 unspecified atom stereocenters. The van der Waals surface area contributed by atoms with Crippen LogP contribution in [-0.4, -0.2) is 34.7 Å². The zero-order chi connectivity index (χ0) is 18.0. The molecular formula is C16H13Cl2N3O4. The summed E-state index contributed by atoms with van der Waals surface area (Å²) in [7, 11) is 0. The van der Waals surface area contributed by atoms with Crippen molar-refractivity contribution in [2.24, 2.45) is 0 Å². The number of anilines is 1. The molecule has 0 spiro atoms. The Morgan fingerprint density at radius 1 is 1.20 bits per heavy atom. The number of aromatic nitrogens is 1. The first kappa shape index (κ1) is 17.5. The van der Waals surface area contributed by atoms with E-state index in [1.54, 1.807) is 24.3 Å². The molecule has 0 aliphatic carbocycles. The molecule has 9 heteroatoms. The van der Waals surface area contributed by atoms with Crippen LogP contribution in [0.2, 0.25) is 10.0 Å². The first-order valence-electron chi connectivity index (χ1n) is 7.28. The summed E-state index contributed by atoms with van der Waals surface area (Å²) in [4.78, 5) is 28.7. The molecule has 1 aromatic carbocycles. The summed E-state index contributed by atoms with van der Waals surface area (Å²) in [5.41, 5.74) is 0.648. The summed E-state index contributed by atoms with van der Waals surface area (Å²) in [5, 5.41) is 12.4. The van der Waals surface area contributed by atoms with Crippen LogP contribution in [0.3, 0.4) is 0 Å². The highest BCUT2D eigenvalue weighted by Crippen LogP contribution is 2.26. The number of carbonyl (C=O) groups is 2. The van der Waals surface area contributed by atoms with E-state index in [2.05, 4.69) is 10.3 Å². The number of imide groups is 1. The van der Waals surface area contributed by atoms with Crippen LogP contribution in [0, 0.1) is 0 Å². The van der Waals surface area contributed by atoms with E-state index in [4.69, 9.17) is 33.0 Å². The summed E-state index contributed by atoms with van der Waals surface area (Å²) < 4.78 is 5.59. The Balaban J connectivity index is 1.71. The number of nitrogens with one attached hydrogen (secondary N) is 1. The second kappa shape index (κ2) is 7.26. The third-order valence-corrected chi connectivity index (χ3v) is 4.30. The second-order valence-electron chi connectivity index (χ2n) is 5.20. The predicted octanol–water partition coefficient (Wildman–Crippen LogP) is 2.38. The Morgan fingerprint density at radius 2 is 1.92 bits per heavy atom. The number of urea groups is 1. The monoisotopic (exact) mass is 381 g/mol. The lowest BCUT2D eigenvalue weighted by molar-refractivity contribution is -0.119. The number of amides is 3. The number of nitrogens with zero attached hydrogens (tertiary/aromatic N) is 2. The van der Waals surface area contributed by atoms with Crippen LogP contribution in [0.4, 0.5) is 10.6 Å². The third kappa shape index (κ3) is 3.53. The molecule has 0 radical (unpaired) electrons. The standard InChI is InChI=1S/C16H13Cl2N3O4/c17-11-2-1-3-12(18)10(11)8-25-9-4-5-14(19-6-9)21-15(23)13(7-22)20-16(21)24/h1-6,13,22H,7-8H2,(H,20,24)/t13-/m0/s1. The van der Waals surface area contributed by atoms with Gasteiger partial charge in [-0.25, -0.2) is 14.7 Å². The summed E-state index contributed by atoms with van der Waals surface area (Å²) in [6.45, 7) is -0.323. The molecule has 2 N–H and O–H groups in total. The summed E-state index contributed by atoms with van der Waals surface area (Å²) in [6, 6.07) is 6.62. The van der Waals surface area contributed by atoms with Crippen molar-refractivity contribution in [2.75, 3.05) is 11.5 Å². The van der Waals surface area contributed by atoms with Gasteiger partial charge in [-0.2, -0.15) is 0 Å². The summed E-state index contributed by atoms with van der Waals surface area (Å²) in [6.07, 6.45) is 1.38. The topological polar surface area (TPSA) is 91.8 Å². The Labute approximate surface area is 153 Å². The third-order valence-electron chi connectivity index (χ3n) is 3.60. The quantitative estimate of drug-likeness (QED) is 0.775. The highest BCUT2D eigenvalue weighted by atomic mass is 35.5. The largest absolute Gasteiger partial charge is 0.487 e. The van der Waals surface area contributed by atoms with E-state index in [9.17, 15) is 9.59 Å². The number of benzene rings is 1. The number of aliphatic hydroxyl groups is 1. The molecular weight excluding hydrogens is 369 g/mol. The number of pyridine rings is 1. The van der Waals surface area contributed by atoms with E-state index < -0.39 is 24.6 Å². The van der Waals surface area contributed by atoms with Gasteiger partial charge in [-0.05, 0) is 24.3 Å². The Bertz CT molecular complexity index is 793. The molecule has 1 aliphatic rings. The maximum Gasteiger partial charge on any atom is 0.330 e. The van der Waals surface area contributed by atoms with Gasteiger partial charge in [0.2, 0.25) is 0 Å². The molecule has 25 heavy (non-hydrogen) atoms. The lowest BCUT2D eigenvalue weighted by Crippen LogP contribution is -2.33. The maximum absolute atomic E-state index is 12.0. The SMILES string of the molecule is O=C1N[C@@H](CO)C(=O)N1c1ccc(OCc2c(Cl)cccc2Cl)cn1. The minimum Gasteiger partial charge on any atom is -0.487 e. The first-order valence-corrected chi connectivity index (χ1v) is 8.04. The predicted molar refractivity (Wildman–Crippen MR) is 91.9 cm³/mol. The lowest BCUT2D eigenvalue weighted by Gasteiger charge is -2.13. The van der Waals surface area contributed by atoms with Gasteiger partial charge in [0.25, 0.3) is 5.91 Å². The van der Waals surface area contributed by atoms with E-state index in [1.807, 2.05) is 0 Å². The molecule has 7 nitrogen and oxygen atoms in total. The van der Waals surface area contributed by atoms with Crippen molar-refractivity contribution >= 4 is 41.0 Å². The first-order chi connectivity index (χ1) is 12.0. The highest BCUT2D eigenvalue weighted by Gasteiger charge is 2.39. The molecule has 2 heterocycles. The van der Waals surface area contributed by atoms with Gasteiger partial charge in [0.05, 0.1) is 12.8 Å².